The summed E-state index contributed by atoms with van der Waals surface area (Å²) >= 11 is 6.35. The largest absolute Gasteiger partial charge is 0.462 e. The Morgan fingerprint density at radius 1 is 1.18 bits per heavy atom. The third-order valence-corrected chi connectivity index (χ3v) is 9.49. The third kappa shape index (κ3) is 4.99. The van der Waals surface area contributed by atoms with Crippen LogP contribution in [0.3, 0.4) is 0 Å². The number of hydrogen-bond acceptors (Lipinski definition) is 11. The highest BCUT2D eigenvalue weighted by atomic mass is 35.5. The number of ether oxygens (including phenoxy) is 2. The summed E-state index contributed by atoms with van der Waals surface area (Å²) in [7, 11) is -4.57. The summed E-state index contributed by atoms with van der Waals surface area (Å²) < 4.78 is 42.5. The maximum atomic E-state index is 11.7. The van der Waals surface area contributed by atoms with E-state index < -0.39 is 53.0 Å². The number of rotatable bonds is 7. The van der Waals surface area contributed by atoms with Crippen LogP contribution in [-0.2, 0) is 24.4 Å². The number of nitrogens with one attached hydrogen (secondary N) is 1. The fourth-order valence-corrected chi connectivity index (χ4v) is 9.01. The number of fused-ring (bicyclic) bond motifs is 1. The van der Waals surface area contributed by atoms with Crippen LogP contribution in [0.25, 0.3) is 11.2 Å². The average molecular weight is 586 g/mol. The number of aliphatic hydroxyl groups is 2. The van der Waals surface area contributed by atoms with Crippen molar-refractivity contribution in [1.29, 1.82) is 0 Å². The van der Waals surface area contributed by atoms with Crippen molar-refractivity contribution >= 4 is 44.7 Å². The second-order valence-corrected chi connectivity index (χ2v) is 14.4. The predicted octanol–water partition coefficient (Wildman–Crippen LogP) is 1.69. The normalized spacial score (nSPS) is 39.4. The number of aromatic nitrogens is 4. The van der Waals surface area contributed by atoms with Gasteiger partial charge in [0.15, 0.2) is 29.0 Å². The van der Waals surface area contributed by atoms with Crippen molar-refractivity contribution in [3.63, 3.8) is 0 Å². The van der Waals surface area contributed by atoms with Crippen molar-refractivity contribution in [2.75, 3.05) is 17.7 Å². The van der Waals surface area contributed by atoms with E-state index in [1.54, 1.807) is 0 Å². The number of imidazole rings is 1. The van der Waals surface area contributed by atoms with Gasteiger partial charge in [-0.1, -0.05) is 13.8 Å². The van der Waals surface area contributed by atoms with Crippen LogP contribution in [0.5, 0.6) is 0 Å². The van der Waals surface area contributed by atoms with Crippen LogP contribution in [0.2, 0.25) is 5.28 Å². The van der Waals surface area contributed by atoms with Gasteiger partial charge in [-0.3, -0.25) is 13.9 Å². The van der Waals surface area contributed by atoms with Crippen LogP contribution in [0.4, 0.5) is 5.82 Å². The standard InChI is InChI=1S/C24H32ClN5O8S/c1-22-3-12-4-23(2,8-22)10-24(5-12,9-22)29-18-15-19(28-21(25)27-18)30(11-26-15)20-17(33)16(32)13(38-20)6-37-14(31)7-39(34,35)36/h11-13,16-17,20,32-33H,3-10H2,1-2H3,(H,27,28,29)(H,34,35,36)/t12?,13?,16?,17?,20?,22-,23+,24?. The lowest BCUT2D eigenvalue weighted by Crippen LogP contribution is -2.61. The smallest absolute Gasteiger partial charge is 0.323 e. The van der Waals surface area contributed by atoms with E-state index in [4.69, 9.17) is 25.6 Å². The first kappa shape index (κ1) is 27.1. The molecule has 5 fully saturated rings. The minimum Gasteiger partial charge on any atom is -0.462 e. The molecule has 0 amide bonds. The Hall–Kier alpha value is -2.10. The van der Waals surface area contributed by atoms with Crippen molar-refractivity contribution < 1.29 is 37.5 Å². The van der Waals surface area contributed by atoms with Gasteiger partial charge in [-0.25, -0.2) is 4.98 Å². The fourth-order valence-electron chi connectivity index (χ4n) is 8.46. The first-order chi connectivity index (χ1) is 18.2. The van der Waals surface area contributed by atoms with Gasteiger partial charge in [-0.05, 0) is 66.9 Å². The lowest BCUT2D eigenvalue weighted by atomic mass is 9.43. The van der Waals surface area contributed by atoms with Gasteiger partial charge < -0.3 is 25.0 Å². The predicted molar refractivity (Wildman–Crippen MR) is 137 cm³/mol. The second-order valence-electron chi connectivity index (χ2n) is 12.7. The zero-order valence-corrected chi connectivity index (χ0v) is 23.2. The average Bonchev–Trinajstić information content (AvgIpc) is 3.29. The van der Waals surface area contributed by atoms with Gasteiger partial charge in [0.1, 0.15) is 24.9 Å². The summed E-state index contributed by atoms with van der Waals surface area (Å²) in [6, 6.07) is 0. The topological polar surface area (TPSA) is 186 Å². The Balaban J connectivity index is 1.25. The molecule has 0 aromatic carbocycles. The highest BCUT2D eigenvalue weighted by Crippen LogP contribution is 2.66. The van der Waals surface area contributed by atoms with Gasteiger partial charge in [0.2, 0.25) is 5.28 Å². The summed E-state index contributed by atoms with van der Waals surface area (Å²) in [5, 5.41) is 24.9. The van der Waals surface area contributed by atoms with E-state index in [0.29, 0.717) is 22.9 Å². The maximum absolute atomic E-state index is 11.7. The first-order valence-electron chi connectivity index (χ1n) is 13.0. The molecule has 15 heteroatoms. The Morgan fingerprint density at radius 3 is 2.51 bits per heavy atom. The molecule has 6 unspecified atom stereocenters. The molecular formula is C24H32ClN5O8S. The van der Waals surface area contributed by atoms with Crippen LogP contribution in [0.15, 0.2) is 6.33 Å². The minimum atomic E-state index is -4.57. The van der Waals surface area contributed by atoms with Crippen molar-refractivity contribution in [3.05, 3.63) is 11.6 Å². The molecule has 3 heterocycles. The lowest BCUT2D eigenvalue weighted by molar-refractivity contribution is -0.147. The highest BCUT2D eigenvalue weighted by molar-refractivity contribution is 7.86. The summed E-state index contributed by atoms with van der Waals surface area (Å²) in [6.45, 7) is 4.22. The number of halogens is 1. The van der Waals surface area contributed by atoms with E-state index in [-0.39, 0.29) is 21.7 Å². The number of carbonyl (C=O) groups is 1. The second kappa shape index (κ2) is 8.95. The van der Waals surface area contributed by atoms with Crippen molar-refractivity contribution in [2.45, 2.75) is 82.5 Å². The quantitative estimate of drug-likeness (QED) is 0.209. The maximum Gasteiger partial charge on any atom is 0.323 e. The van der Waals surface area contributed by atoms with E-state index in [1.807, 2.05) is 0 Å². The van der Waals surface area contributed by atoms with E-state index >= 15 is 0 Å². The Bertz CT molecular complexity index is 1420. The Kier molecular flexibility index (Phi) is 6.22. The van der Waals surface area contributed by atoms with Crippen LogP contribution in [0, 0.1) is 16.7 Å². The zero-order chi connectivity index (χ0) is 28.0. The van der Waals surface area contributed by atoms with E-state index in [9.17, 15) is 23.4 Å². The molecule has 0 spiro atoms. The molecule has 4 saturated carbocycles. The molecule has 2 aromatic rings. The molecule has 1 aliphatic heterocycles. The third-order valence-electron chi connectivity index (χ3n) is 8.72. The molecule has 4 bridgehead atoms. The van der Waals surface area contributed by atoms with E-state index in [2.05, 4.69) is 34.1 Å². The first-order valence-corrected chi connectivity index (χ1v) is 15.0. The summed E-state index contributed by atoms with van der Waals surface area (Å²) in [6.07, 6.45) is 3.01. The number of anilines is 1. The van der Waals surface area contributed by atoms with Gasteiger partial charge in [0, 0.05) is 5.54 Å². The molecule has 13 nitrogen and oxygen atoms in total. The molecule has 1 saturated heterocycles. The molecular weight excluding hydrogens is 554 g/mol. The number of esters is 1. The van der Waals surface area contributed by atoms with Gasteiger partial charge in [-0.2, -0.15) is 18.4 Å². The monoisotopic (exact) mass is 585 g/mol. The molecule has 7 rings (SSSR count). The van der Waals surface area contributed by atoms with Crippen molar-refractivity contribution in [1.82, 2.24) is 19.5 Å². The van der Waals surface area contributed by atoms with Crippen molar-refractivity contribution in [2.24, 2.45) is 16.7 Å². The molecule has 4 aliphatic carbocycles. The van der Waals surface area contributed by atoms with Gasteiger partial charge in [0.05, 0.1) is 6.33 Å². The number of nitrogens with zero attached hydrogens (tertiary/aromatic N) is 4. The molecule has 2 aromatic heterocycles. The Labute approximate surface area is 230 Å². The molecule has 0 radical (unpaired) electrons. The lowest BCUT2D eigenvalue weighted by Gasteiger charge is -2.65. The molecule has 214 valence electrons. The summed E-state index contributed by atoms with van der Waals surface area (Å²) in [5.41, 5.74) is 1.15. The van der Waals surface area contributed by atoms with E-state index in [0.717, 1.165) is 19.3 Å². The van der Waals surface area contributed by atoms with Crippen LogP contribution < -0.4 is 5.32 Å². The Morgan fingerprint density at radius 2 is 1.87 bits per heavy atom. The minimum absolute atomic E-state index is 0.0161. The highest BCUT2D eigenvalue weighted by Gasteiger charge is 2.60. The molecule has 4 N–H and O–H groups in total. The molecule has 39 heavy (non-hydrogen) atoms. The van der Waals surface area contributed by atoms with E-state index in [1.165, 1.54) is 30.2 Å². The van der Waals surface area contributed by atoms with Crippen molar-refractivity contribution in [3.8, 4) is 0 Å². The number of hydrogen-bond donors (Lipinski definition) is 4. The molecule has 5 aliphatic rings. The van der Waals surface area contributed by atoms with Gasteiger partial charge >= 0.3 is 5.97 Å². The summed E-state index contributed by atoms with van der Waals surface area (Å²) in [5.74, 6) is -1.30. The summed E-state index contributed by atoms with van der Waals surface area (Å²) in [4.78, 5) is 25.0. The van der Waals surface area contributed by atoms with Crippen LogP contribution in [0.1, 0.15) is 58.6 Å². The van der Waals surface area contributed by atoms with Crippen LogP contribution in [-0.4, -0.2) is 84.9 Å². The number of carbonyl (C=O) groups excluding carboxylic acids is 1. The molecule has 8 atom stereocenters. The fraction of sp³-hybridized carbons (Fsp3) is 0.750. The van der Waals surface area contributed by atoms with Crippen LogP contribution >= 0.6 is 11.6 Å². The number of aliphatic hydroxyl groups excluding tert-OH is 2. The SMILES string of the molecule is C[C@]12CC3CC(Nc4nc(Cl)nc5c4ncn5C4OC(COC(=O)CS(=O)(=O)O)C(O)C4O)(C1)C[C@@](C)(C3)C2. The van der Waals surface area contributed by atoms with Gasteiger partial charge in [0.25, 0.3) is 10.1 Å². The van der Waals surface area contributed by atoms with Gasteiger partial charge in [-0.15, -0.1) is 0 Å². The zero-order valence-electron chi connectivity index (χ0n) is 21.6.